The highest BCUT2D eigenvalue weighted by molar-refractivity contribution is 6.02. The summed E-state index contributed by atoms with van der Waals surface area (Å²) in [6.45, 7) is 0. The number of nitrogens with zero attached hydrogens (tertiary/aromatic N) is 3. The lowest BCUT2D eigenvalue weighted by molar-refractivity contribution is 0.102. The molecule has 2 N–H and O–H groups in total. The van der Waals surface area contributed by atoms with Crippen molar-refractivity contribution < 1.29 is 13.6 Å². The zero-order valence-electron chi connectivity index (χ0n) is 14.7. The first-order chi connectivity index (χ1) is 12.9. The van der Waals surface area contributed by atoms with Gasteiger partial charge in [-0.05, 0) is 48.5 Å². The van der Waals surface area contributed by atoms with Crippen LogP contribution in [0, 0.1) is 11.6 Å². The van der Waals surface area contributed by atoms with Crippen LogP contribution in [0.2, 0.25) is 0 Å². The molecule has 138 valence electrons. The quantitative estimate of drug-likeness (QED) is 0.716. The maximum atomic E-state index is 13.6. The largest absolute Gasteiger partial charge is 0.378 e. The Morgan fingerprint density at radius 3 is 2.15 bits per heavy atom. The zero-order chi connectivity index (χ0) is 19.4. The lowest BCUT2D eigenvalue weighted by Gasteiger charge is -2.13. The average Bonchev–Trinajstić information content (AvgIpc) is 2.66. The number of amides is 1. The minimum atomic E-state index is -0.750. The molecule has 0 atom stereocenters. The van der Waals surface area contributed by atoms with Gasteiger partial charge in [0.1, 0.15) is 17.3 Å². The number of aromatic nitrogens is 2. The molecule has 0 aliphatic heterocycles. The van der Waals surface area contributed by atoms with Gasteiger partial charge in [0.15, 0.2) is 11.5 Å². The molecular weight excluding hydrogens is 352 g/mol. The summed E-state index contributed by atoms with van der Waals surface area (Å²) >= 11 is 0. The van der Waals surface area contributed by atoms with Gasteiger partial charge in [0.25, 0.3) is 5.91 Å². The molecule has 0 saturated heterocycles. The lowest BCUT2D eigenvalue weighted by atomic mass is 10.2. The van der Waals surface area contributed by atoms with E-state index in [2.05, 4.69) is 20.8 Å². The highest BCUT2D eigenvalue weighted by atomic mass is 19.1. The van der Waals surface area contributed by atoms with Crippen molar-refractivity contribution in [3.05, 3.63) is 71.9 Å². The van der Waals surface area contributed by atoms with Crippen molar-refractivity contribution in [3.8, 4) is 0 Å². The number of hydrogen-bond donors (Lipinski definition) is 2. The topological polar surface area (TPSA) is 70.2 Å². The van der Waals surface area contributed by atoms with Crippen LogP contribution in [0.1, 0.15) is 10.5 Å². The number of benzene rings is 2. The van der Waals surface area contributed by atoms with Crippen LogP contribution in [-0.2, 0) is 0 Å². The summed E-state index contributed by atoms with van der Waals surface area (Å²) < 4.78 is 27.3. The molecule has 8 heteroatoms. The van der Waals surface area contributed by atoms with Gasteiger partial charge in [0.05, 0.1) is 0 Å². The summed E-state index contributed by atoms with van der Waals surface area (Å²) in [5, 5.41) is 12.8. The summed E-state index contributed by atoms with van der Waals surface area (Å²) in [6.07, 6.45) is 0. The van der Waals surface area contributed by atoms with Gasteiger partial charge in [0, 0.05) is 25.5 Å². The smallest absolute Gasteiger partial charge is 0.276 e. The second kappa shape index (κ2) is 7.77. The maximum absolute atomic E-state index is 13.6. The molecule has 1 aromatic heterocycles. The molecule has 0 radical (unpaired) electrons. The van der Waals surface area contributed by atoms with E-state index < -0.39 is 17.5 Å². The third kappa shape index (κ3) is 4.35. The molecule has 0 spiro atoms. The number of nitrogens with one attached hydrogen (secondary N) is 2. The molecule has 27 heavy (non-hydrogen) atoms. The van der Waals surface area contributed by atoms with Crippen molar-refractivity contribution in [2.45, 2.75) is 0 Å². The fraction of sp³-hybridized carbons (Fsp3) is 0.105. The highest BCUT2D eigenvalue weighted by Gasteiger charge is 2.12. The molecule has 0 saturated carbocycles. The third-order valence-electron chi connectivity index (χ3n) is 3.75. The second-order valence-electron chi connectivity index (χ2n) is 5.92. The fourth-order valence-electron chi connectivity index (χ4n) is 2.30. The molecule has 2 aromatic carbocycles. The molecule has 3 rings (SSSR count). The molecule has 0 aliphatic rings. The predicted octanol–water partition coefficient (Wildman–Crippen LogP) is 3.82. The average molecular weight is 369 g/mol. The fourth-order valence-corrected chi connectivity index (χ4v) is 2.30. The number of rotatable bonds is 5. The normalized spacial score (nSPS) is 10.4. The summed E-state index contributed by atoms with van der Waals surface area (Å²) in [7, 11) is 3.85. The first-order valence-corrected chi connectivity index (χ1v) is 8.07. The lowest BCUT2D eigenvalue weighted by Crippen LogP contribution is -2.15. The van der Waals surface area contributed by atoms with Crippen LogP contribution in [-0.4, -0.2) is 30.2 Å². The Hall–Kier alpha value is -3.55. The van der Waals surface area contributed by atoms with Crippen molar-refractivity contribution in [1.29, 1.82) is 0 Å². The van der Waals surface area contributed by atoms with E-state index >= 15 is 0 Å². The van der Waals surface area contributed by atoms with E-state index in [9.17, 15) is 13.6 Å². The Balaban J connectivity index is 1.68. The van der Waals surface area contributed by atoms with Gasteiger partial charge < -0.3 is 15.5 Å². The molecular formula is C19H17F2N5O. The Bertz CT molecular complexity index is 923. The highest BCUT2D eigenvalue weighted by Crippen LogP contribution is 2.22. The molecule has 0 aliphatic carbocycles. The van der Waals surface area contributed by atoms with Gasteiger partial charge in [0.2, 0.25) is 0 Å². The van der Waals surface area contributed by atoms with Crippen LogP contribution in [0.25, 0.3) is 0 Å². The van der Waals surface area contributed by atoms with Crippen LogP contribution in [0.4, 0.5) is 31.7 Å². The van der Waals surface area contributed by atoms with Crippen molar-refractivity contribution in [1.82, 2.24) is 10.2 Å². The molecule has 1 heterocycles. The predicted molar refractivity (Wildman–Crippen MR) is 100 cm³/mol. The van der Waals surface area contributed by atoms with Gasteiger partial charge in [-0.15, -0.1) is 10.2 Å². The van der Waals surface area contributed by atoms with Crippen molar-refractivity contribution >= 4 is 28.8 Å². The molecule has 0 bridgehead atoms. The van der Waals surface area contributed by atoms with Gasteiger partial charge in [-0.3, -0.25) is 4.79 Å². The van der Waals surface area contributed by atoms with Gasteiger partial charge >= 0.3 is 0 Å². The molecule has 0 fully saturated rings. The van der Waals surface area contributed by atoms with Crippen molar-refractivity contribution in [2.75, 3.05) is 29.6 Å². The van der Waals surface area contributed by atoms with Crippen molar-refractivity contribution in [2.24, 2.45) is 0 Å². The Morgan fingerprint density at radius 2 is 1.59 bits per heavy atom. The van der Waals surface area contributed by atoms with Crippen LogP contribution >= 0.6 is 0 Å². The maximum Gasteiger partial charge on any atom is 0.276 e. The summed E-state index contributed by atoms with van der Waals surface area (Å²) in [4.78, 5) is 14.2. The van der Waals surface area contributed by atoms with Crippen LogP contribution in [0.3, 0.4) is 0 Å². The molecule has 0 unspecified atom stereocenters. The Morgan fingerprint density at radius 1 is 0.926 bits per heavy atom. The first-order valence-electron chi connectivity index (χ1n) is 8.07. The molecule has 6 nitrogen and oxygen atoms in total. The Kier molecular flexibility index (Phi) is 5.25. The van der Waals surface area contributed by atoms with E-state index in [4.69, 9.17) is 0 Å². The zero-order valence-corrected chi connectivity index (χ0v) is 14.7. The van der Waals surface area contributed by atoms with E-state index in [0.29, 0.717) is 5.69 Å². The van der Waals surface area contributed by atoms with E-state index in [1.807, 2.05) is 31.1 Å². The second-order valence-corrected chi connectivity index (χ2v) is 5.92. The van der Waals surface area contributed by atoms with Gasteiger partial charge in [-0.25, -0.2) is 8.78 Å². The SMILES string of the molecule is CN(C)c1ccc(NC(=O)c2ccc(Nc3c(F)cccc3F)nn2)cc1. The number of para-hydroxylation sites is 1. The monoisotopic (exact) mass is 369 g/mol. The summed E-state index contributed by atoms with van der Waals surface area (Å²) in [6, 6.07) is 13.6. The van der Waals surface area contributed by atoms with Gasteiger partial charge in [-0.2, -0.15) is 0 Å². The summed E-state index contributed by atoms with van der Waals surface area (Å²) in [5.74, 6) is -1.82. The number of halogens is 2. The summed E-state index contributed by atoms with van der Waals surface area (Å²) in [5.41, 5.74) is 1.36. The third-order valence-corrected chi connectivity index (χ3v) is 3.75. The van der Waals surface area contributed by atoms with Crippen LogP contribution in [0.5, 0.6) is 0 Å². The number of carbonyl (C=O) groups is 1. The number of anilines is 4. The Labute approximate surface area is 154 Å². The molecule has 3 aromatic rings. The van der Waals surface area contributed by atoms with Crippen LogP contribution in [0.15, 0.2) is 54.6 Å². The van der Waals surface area contributed by atoms with Crippen LogP contribution < -0.4 is 15.5 Å². The number of carbonyl (C=O) groups excluding carboxylic acids is 1. The van der Waals surface area contributed by atoms with Crippen molar-refractivity contribution in [3.63, 3.8) is 0 Å². The minimum absolute atomic E-state index is 0.0752. The van der Waals surface area contributed by atoms with E-state index in [1.165, 1.54) is 18.2 Å². The number of hydrogen-bond acceptors (Lipinski definition) is 5. The van der Waals surface area contributed by atoms with Gasteiger partial charge in [-0.1, -0.05) is 6.07 Å². The first kappa shape index (κ1) is 18.2. The minimum Gasteiger partial charge on any atom is -0.378 e. The standard InChI is InChI=1S/C19H17F2N5O/c1-26(2)13-8-6-12(7-9-13)22-19(27)16-10-11-17(25-24-16)23-18-14(20)4-3-5-15(18)21/h3-11H,1-2H3,(H,22,27)(H,23,25). The van der Waals surface area contributed by atoms with E-state index in [0.717, 1.165) is 17.8 Å². The van der Waals surface area contributed by atoms with E-state index in [1.54, 1.807) is 12.1 Å². The van der Waals surface area contributed by atoms with E-state index in [-0.39, 0.29) is 17.2 Å². The molecule has 1 amide bonds.